The van der Waals surface area contributed by atoms with Crippen LogP contribution >= 0.6 is 0 Å². The van der Waals surface area contributed by atoms with E-state index in [0.717, 1.165) is 30.0 Å². The van der Waals surface area contributed by atoms with E-state index in [0.29, 0.717) is 13.2 Å². The Morgan fingerprint density at radius 3 is 2.95 bits per heavy atom. The van der Waals surface area contributed by atoms with Crippen LogP contribution in [0.1, 0.15) is 18.3 Å². The number of ether oxygens (including phenoxy) is 1. The SMILES string of the molecule is CCc1nn(C)cc1-n1cc(CNCCOC)nn1. The molecule has 104 valence electrons. The Labute approximate surface area is 112 Å². The maximum Gasteiger partial charge on any atom is 0.107 e. The molecule has 2 heterocycles. The van der Waals surface area contributed by atoms with Crippen molar-refractivity contribution in [1.82, 2.24) is 30.1 Å². The predicted molar refractivity (Wildman–Crippen MR) is 71.1 cm³/mol. The maximum atomic E-state index is 4.97. The largest absolute Gasteiger partial charge is 0.383 e. The molecule has 0 radical (unpaired) electrons. The van der Waals surface area contributed by atoms with Gasteiger partial charge in [0.1, 0.15) is 5.69 Å². The van der Waals surface area contributed by atoms with Gasteiger partial charge in [-0.2, -0.15) is 5.10 Å². The lowest BCUT2D eigenvalue weighted by Crippen LogP contribution is -2.18. The molecule has 7 heteroatoms. The van der Waals surface area contributed by atoms with Crippen molar-refractivity contribution in [2.24, 2.45) is 7.05 Å². The first-order chi connectivity index (χ1) is 9.24. The van der Waals surface area contributed by atoms with Gasteiger partial charge in [-0.3, -0.25) is 4.68 Å². The molecule has 1 N–H and O–H groups in total. The van der Waals surface area contributed by atoms with E-state index < -0.39 is 0 Å². The van der Waals surface area contributed by atoms with Crippen LogP contribution in [0.25, 0.3) is 5.69 Å². The number of rotatable bonds is 7. The predicted octanol–water partition coefficient (Wildman–Crippen LogP) is 0.299. The highest BCUT2D eigenvalue weighted by atomic mass is 16.5. The van der Waals surface area contributed by atoms with Crippen molar-refractivity contribution in [3.63, 3.8) is 0 Å². The molecule has 0 saturated heterocycles. The summed E-state index contributed by atoms with van der Waals surface area (Å²) in [6.07, 6.45) is 4.75. The summed E-state index contributed by atoms with van der Waals surface area (Å²) in [5, 5.41) is 15.9. The average Bonchev–Trinajstić information content (AvgIpc) is 3.00. The number of aryl methyl sites for hydroxylation is 2. The highest BCUT2D eigenvalue weighted by Gasteiger charge is 2.10. The topological polar surface area (TPSA) is 69.8 Å². The van der Waals surface area contributed by atoms with E-state index in [1.54, 1.807) is 16.5 Å². The number of hydrogen-bond acceptors (Lipinski definition) is 5. The van der Waals surface area contributed by atoms with Gasteiger partial charge in [0.2, 0.25) is 0 Å². The summed E-state index contributed by atoms with van der Waals surface area (Å²) < 4.78 is 8.55. The zero-order valence-corrected chi connectivity index (χ0v) is 11.6. The Hall–Kier alpha value is -1.73. The summed E-state index contributed by atoms with van der Waals surface area (Å²) in [6, 6.07) is 0. The highest BCUT2D eigenvalue weighted by Crippen LogP contribution is 2.12. The van der Waals surface area contributed by atoms with E-state index in [9.17, 15) is 0 Å². The molecule has 0 bridgehead atoms. The summed E-state index contributed by atoms with van der Waals surface area (Å²) in [7, 11) is 3.60. The monoisotopic (exact) mass is 264 g/mol. The number of nitrogens with one attached hydrogen (secondary N) is 1. The van der Waals surface area contributed by atoms with Gasteiger partial charge >= 0.3 is 0 Å². The molecule has 0 amide bonds. The zero-order chi connectivity index (χ0) is 13.7. The van der Waals surface area contributed by atoms with Gasteiger partial charge in [0, 0.05) is 27.2 Å². The molecule has 0 aliphatic heterocycles. The molecule has 0 fully saturated rings. The van der Waals surface area contributed by atoms with Gasteiger partial charge < -0.3 is 10.1 Å². The van der Waals surface area contributed by atoms with Crippen molar-refractivity contribution in [2.75, 3.05) is 20.3 Å². The average molecular weight is 264 g/mol. The van der Waals surface area contributed by atoms with Crippen LogP contribution in [-0.2, 0) is 24.8 Å². The second-order valence-electron chi connectivity index (χ2n) is 4.31. The van der Waals surface area contributed by atoms with Gasteiger partial charge in [-0.15, -0.1) is 5.10 Å². The standard InChI is InChI=1S/C12H20N6O/c1-4-11-12(9-17(2)15-11)18-8-10(14-16-18)7-13-5-6-19-3/h8-9,13H,4-7H2,1-3H3. The Morgan fingerprint density at radius 2 is 2.21 bits per heavy atom. The van der Waals surface area contributed by atoms with E-state index in [1.165, 1.54) is 0 Å². The lowest BCUT2D eigenvalue weighted by atomic mass is 10.3. The molecular formula is C12H20N6O. The Bertz CT molecular complexity index is 518. The molecule has 2 rings (SSSR count). The molecule has 0 spiro atoms. The van der Waals surface area contributed by atoms with Crippen molar-refractivity contribution in [1.29, 1.82) is 0 Å². The van der Waals surface area contributed by atoms with E-state index >= 15 is 0 Å². The number of hydrogen-bond donors (Lipinski definition) is 1. The molecule has 7 nitrogen and oxygen atoms in total. The minimum Gasteiger partial charge on any atom is -0.383 e. The van der Waals surface area contributed by atoms with Gasteiger partial charge in [0.15, 0.2) is 0 Å². The van der Waals surface area contributed by atoms with Crippen LogP contribution in [0.2, 0.25) is 0 Å². The van der Waals surface area contributed by atoms with Crippen LogP contribution < -0.4 is 5.32 Å². The fourth-order valence-corrected chi connectivity index (χ4v) is 1.85. The van der Waals surface area contributed by atoms with Gasteiger partial charge in [-0.25, -0.2) is 4.68 Å². The molecule has 19 heavy (non-hydrogen) atoms. The fraction of sp³-hybridized carbons (Fsp3) is 0.583. The van der Waals surface area contributed by atoms with Crippen molar-refractivity contribution in [2.45, 2.75) is 19.9 Å². The van der Waals surface area contributed by atoms with Crippen LogP contribution in [0, 0.1) is 0 Å². The zero-order valence-electron chi connectivity index (χ0n) is 11.6. The Balaban J connectivity index is 2.03. The highest BCUT2D eigenvalue weighted by molar-refractivity contribution is 5.33. The van der Waals surface area contributed by atoms with Gasteiger partial charge in [-0.1, -0.05) is 12.1 Å². The molecule has 2 aromatic heterocycles. The van der Waals surface area contributed by atoms with Crippen LogP contribution in [0.4, 0.5) is 0 Å². The normalized spacial score (nSPS) is 11.1. The molecule has 0 aliphatic rings. The van der Waals surface area contributed by atoms with Crippen molar-refractivity contribution in [3.8, 4) is 5.69 Å². The molecule has 0 unspecified atom stereocenters. The van der Waals surface area contributed by atoms with Crippen LogP contribution in [0.15, 0.2) is 12.4 Å². The molecule has 2 aromatic rings. The third-order valence-corrected chi connectivity index (χ3v) is 2.79. The van der Waals surface area contributed by atoms with E-state index in [1.807, 2.05) is 19.4 Å². The third-order valence-electron chi connectivity index (χ3n) is 2.79. The summed E-state index contributed by atoms with van der Waals surface area (Å²) >= 11 is 0. The van der Waals surface area contributed by atoms with Crippen LogP contribution in [0.3, 0.4) is 0 Å². The van der Waals surface area contributed by atoms with Gasteiger partial charge in [0.05, 0.1) is 30.4 Å². The lowest BCUT2D eigenvalue weighted by molar-refractivity contribution is 0.199. The molecule has 0 saturated carbocycles. The number of methoxy groups -OCH3 is 1. The van der Waals surface area contributed by atoms with Gasteiger partial charge in [0.25, 0.3) is 0 Å². The van der Waals surface area contributed by atoms with E-state index in [-0.39, 0.29) is 0 Å². The molecule has 0 aromatic carbocycles. The second kappa shape index (κ2) is 6.44. The molecule has 0 aliphatic carbocycles. The summed E-state index contributed by atoms with van der Waals surface area (Å²) in [4.78, 5) is 0. The minimum atomic E-state index is 0.686. The minimum absolute atomic E-state index is 0.686. The Morgan fingerprint density at radius 1 is 1.37 bits per heavy atom. The van der Waals surface area contributed by atoms with Gasteiger partial charge in [-0.05, 0) is 6.42 Å². The first-order valence-corrected chi connectivity index (χ1v) is 6.38. The van der Waals surface area contributed by atoms with Crippen molar-refractivity contribution >= 4 is 0 Å². The lowest BCUT2D eigenvalue weighted by Gasteiger charge is -2.00. The fourth-order valence-electron chi connectivity index (χ4n) is 1.85. The molecule has 0 atom stereocenters. The van der Waals surface area contributed by atoms with Crippen molar-refractivity contribution in [3.05, 3.63) is 23.8 Å². The first kappa shape index (κ1) is 13.7. The Kier molecular flexibility index (Phi) is 4.64. The number of nitrogens with zero attached hydrogens (tertiary/aromatic N) is 5. The summed E-state index contributed by atoms with van der Waals surface area (Å²) in [5.41, 5.74) is 2.91. The smallest absolute Gasteiger partial charge is 0.107 e. The van der Waals surface area contributed by atoms with Crippen molar-refractivity contribution < 1.29 is 4.74 Å². The van der Waals surface area contributed by atoms with Crippen LogP contribution in [0.5, 0.6) is 0 Å². The quantitative estimate of drug-likeness (QED) is 0.728. The third kappa shape index (κ3) is 3.39. The van der Waals surface area contributed by atoms with E-state index in [2.05, 4.69) is 27.7 Å². The summed E-state index contributed by atoms with van der Waals surface area (Å²) in [5.74, 6) is 0. The summed E-state index contributed by atoms with van der Waals surface area (Å²) in [6.45, 7) is 4.26. The first-order valence-electron chi connectivity index (χ1n) is 6.38. The second-order valence-corrected chi connectivity index (χ2v) is 4.31. The maximum absolute atomic E-state index is 4.97. The van der Waals surface area contributed by atoms with E-state index in [4.69, 9.17) is 4.74 Å². The number of aromatic nitrogens is 5. The molecular weight excluding hydrogens is 244 g/mol. The van der Waals surface area contributed by atoms with Crippen LogP contribution in [-0.4, -0.2) is 45.0 Å².